The zero-order valence-electron chi connectivity index (χ0n) is 11.2. The van der Waals surface area contributed by atoms with Gasteiger partial charge in [0.1, 0.15) is 12.4 Å². The summed E-state index contributed by atoms with van der Waals surface area (Å²) >= 11 is 0. The van der Waals surface area contributed by atoms with E-state index >= 15 is 0 Å². The van der Waals surface area contributed by atoms with Gasteiger partial charge in [-0.2, -0.15) is 0 Å². The van der Waals surface area contributed by atoms with Crippen molar-refractivity contribution in [2.24, 2.45) is 0 Å². The Hall–Kier alpha value is -2.33. The molecule has 0 saturated heterocycles. The molecule has 4 nitrogen and oxygen atoms in total. The van der Waals surface area contributed by atoms with E-state index in [1.165, 1.54) is 7.11 Å². The first-order chi connectivity index (χ1) is 9.74. The molecule has 0 aromatic heterocycles. The SMILES string of the molecule is COC(=O)c1ccccc1COc1cccc(CO)c1. The van der Waals surface area contributed by atoms with Crippen molar-refractivity contribution in [2.75, 3.05) is 7.11 Å². The summed E-state index contributed by atoms with van der Waals surface area (Å²) < 4.78 is 10.4. The monoisotopic (exact) mass is 272 g/mol. The van der Waals surface area contributed by atoms with Crippen LogP contribution in [0, 0.1) is 0 Å². The molecule has 4 heteroatoms. The molecule has 0 saturated carbocycles. The number of carbonyl (C=O) groups is 1. The van der Waals surface area contributed by atoms with Crippen molar-refractivity contribution in [3.8, 4) is 5.75 Å². The van der Waals surface area contributed by atoms with Crippen molar-refractivity contribution < 1.29 is 19.4 Å². The number of esters is 1. The molecule has 0 unspecified atom stereocenters. The molecule has 0 fully saturated rings. The van der Waals surface area contributed by atoms with Gasteiger partial charge in [-0.1, -0.05) is 30.3 Å². The fraction of sp³-hybridized carbons (Fsp3) is 0.188. The van der Waals surface area contributed by atoms with Gasteiger partial charge in [0.15, 0.2) is 0 Å². The molecule has 2 aromatic rings. The maximum absolute atomic E-state index is 11.6. The molecule has 0 spiro atoms. The van der Waals surface area contributed by atoms with Crippen LogP contribution >= 0.6 is 0 Å². The summed E-state index contributed by atoms with van der Waals surface area (Å²) in [7, 11) is 1.35. The number of rotatable bonds is 5. The first-order valence-electron chi connectivity index (χ1n) is 6.23. The average Bonchev–Trinajstić information content (AvgIpc) is 2.52. The van der Waals surface area contributed by atoms with Crippen LogP contribution in [0.4, 0.5) is 0 Å². The normalized spacial score (nSPS) is 10.1. The smallest absolute Gasteiger partial charge is 0.338 e. The maximum atomic E-state index is 11.6. The van der Waals surface area contributed by atoms with E-state index in [1.54, 1.807) is 24.3 Å². The molecule has 0 aliphatic carbocycles. The highest BCUT2D eigenvalue weighted by Gasteiger charge is 2.11. The minimum absolute atomic E-state index is 0.0318. The molecule has 104 valence electrons. The van der Waals surface area contributed by atoms with Gasteiger partial charge in [0, 0.05) is 5.56 Å². The molecule has 2 aromatic carbocycles. The van der Waals surface area contributed by atoms with E-state index in [1.807, 2.05) is 24.3 Å². The number of benzene rings is 2. The third-order valence-corrected chi connectivity index (χ3v) is 2.90. The number of aliphatic hydroxyl groups excluding tert-OH is 1. The summed E-state index contributed by atoms with van der Waals surface area (Å²) in [6, 6.07) is 14.3. The van der Waals surface area contributed by atoms with Crippen molar-refractivity contribution in [1.82, 2.24) is 0 Å². The second kappa shape index (κ2) is 6.73. The number of carbonyl (C=O) groups excluding carboxylic acids is 1. The van der Waals surface area contributed by atoms with E-state index in [4.69, 9.17) is 14.6 Å². The van der Waals surface area contributed by atoms with Crippen molar-refractivity contribution in [1.29, 1.82) is 0 Å². The molecule has 0 aliphatic rings. The molecular weight excluding hydrogens is 256 g/mol. The summed E-state index contributed by atoms with van der Waals surface area (Å²) in [5.41, 5.74) is 2.03. The molecule has 20 heavy (non-hydrogen) atoms. The van der Waals surface area contributed by atoms with Gasteiger partial charge < -0.3 is 14.6 Å². The molecule has 1 N–H and O–H groups in total. The van der Waals surface area contributed by atoms with E-state index in [0.29, 0.717) is 11.3 Å². The predicted octanol–water partition coefficient (Wildman–Crippen LogP) is 2.54. The van der Waals surface area contributed by atoms with Gasteiger partial charge in [-0.15, -0.1) is 0 Å². The molecule has 0 heterocycles. The third kappa shape index (κ3) is 3.36. The standard InChI is InChI=1S/C16H16O4/c1-19-16(18)15-8-3-2-6-13(15)11-20-14-7-4-5-12(9-14)10-17/h2-9,17H,10-11H2,1H3. The Labute approximate surface area is 117 Å². The number of methoxy groups -OCH3 is 1. The number of hydrogen-bond donors (Lipinski definition) is 1. The largest absolute Gasteiger partial charge is 0.489 e. The van der Waals surface area contributed by atoms with Crippen LogP contribution in [0.15, 0.2) is 48.5 Å². The molecule has 0 amide bonds. The highest BCUT2D eigenvalue weighted by atomic mass is 16.5. The van der Waals surface area contributed by atoms with Crippen molar-refractivity contribution in [2.45, 2.75) is 13.2 Å². The number of aliphatic hydroxyl groups is 1. The van der Waals surface area contributed by atoms with Crippen LogP contribution in [0.1, 0.15) is 21.5 Å². The van der Waals surface area contributed by atoms with E-state index in [-0.39, 0.29) is 19.2 Å². The van der Waals surface area contributed by atoms with Crippen molar-refractivity contribution >= 4 is 5.97 Å². The van der Waals surface area contributed by atoms with E-state index in [0.717, 1.165) is 11.1 Å². The fourth-order valence-electron chi connectivity index (χ4n) is 1.85. The molecular formula is C16H16O4. The summed E-state index contributed by atoms with van der Waals surface area (Å²) in [6.07, 6.45) is 0. The van der Waals surface area contributed by atoms with Crippen LogP contribution in [0.5, 0.6) is 5.75 Å². The van der Waals surface area contributed by atoms with Gasteiger partial charge in [0.05, 0.1) is 19.3 Å². The highest BCUT2D eigenvalue weighted by molar-refractivity contribution is 5.90. The lowest BCUT2D eigenvalue weighted by molar-refractivity contribution is 0.0597. The van der Waals surface area contributed by atoms with Gasteiger partial charge >= 0.3 is 5.97 Å². The minimum atomic E-state index is -0.381. The predicted molar refractivity (Wildman–Crippen MR) is 74.5 cm³/mol. The zero-order chi connectivity index (χ0) is 14.4. The van der Waals surface area contributed by atoms with Crippen molar-refractivity contribution in [3.63, 3.8) is 0 Å². The maximum Gasteiger partial charge on any atom is 0.338 e. The Bertz CT molecular complexity index is 593. The summed E-state index contributed by atoms with van der Waals surface area (Å²) in [6.45, 7) is 0.232. The lowest BCUT2D eigenvalue weighted by Gasteiger charge is -2.10. The lowest BCUT2D eigenvalue weighted by Crippen LogP contribution is -2.07. The number of ether oxygens (including phenoxy) is 2. The molecule has 0 radical (unpaired) electrons. The minimum Gasteiger partial charge on any atom is -0.489 e. The van der Waals surface area contributed by atoms with E-state index in [2.05, 4.69) is 0 Å². The molecule has 2 rings (SSSR count). The topological polar surface area (TPSA) is 55.8 Å². The first kappa shape index (κ1) is 14.1. The summed E-state index contributed by atoms with van der Waals surface area (Å²) in [5.74, 6) is 0.268. The van der Waals surface area contributed by atoms with Gasteiger partial charge in [0.25, 0.3) is 0 Å². The van der Waals surface area contributed by atoms with Crippen molar-refractivity contribution in [3.05, 3.63) is 65.2 Å². The van der Waals surface area contributed by atoms with Crippen LogP contribution in [-0.4, -0.2) is 18.2 Å². The Morgan fingerprint density at radius 1 is 1.15 bits per heavy atom. The molecule has 0 atom stereocenters. The van der Waals surface area contributed by atoms with E-state index < -0.39 is 0 Å². The van der Waals surface area contributed by atoms with Crippen LogP contribution in [-0.2, 0) is 18.0 Å². The summed E-state index contributed by atoms with van der Waals surface area (Å²) in [4.78, 5) is 11.6. The highest BCUT2D eigenvalue weighted by Crippen LogP contribution is 2.17. The van der Waals surface area contributed by atoms with Gasteiger partial charge in [-0.3, -0.25) is 0 Å². The van der Waals surface area contributed by atoms with Gasteiger partial charge in [0.2, 0.25) is 0 Å². The molecule has 0 bridgehead atoms. The second-order valence-corrected chi connectivity index (χ2v) is 4.24. The summed E-state index contributed by atoms with van der Waals surface area (Å²) in [5, 5.41) is 9.08. The van der Waals surface area contributed by atoms with Crippen LogP contribution < -0.4 is 4.74 Å². The Morgan fingerprint density at radius 2 is 1.95 bits per heavy atom. The van der Waals surface area contributed by atoms with Gasteiger partial charge in [-0.25, -0.2) is 4.79 Å². The number of hydrogen-bond acceptors (Lipinski definition) is 4. The Morgan fingerprint density at radius 3 is 2.70 bits per heavy atom. The Balaban J connectivity index is 2.12. The second-order valence-electron chi connectivity index (χ2n) is 4.24. The lowest BCUT2D eigenvalue weighted by atomic mass is 10.1. The molecule has 0 aliphatic heterocycles. The quantitative estimate of drug-likeness (QED) is 0.850. The zero-order valence-corrected chi connectivity index (χ0v) is 11.2. The van der Waals surface area contributed by atoms with Crippen LogP contribution in [0.3, 0.4) is 0 Å². The van der Waals surface area contributed by atoms with Crippen LogP contribution in [0.2, 0.25) is 0 Å². The third-order valence-electron chi connectivity index (χ3n) is 2.90. The Kier molecular flexibility index (Phi) is 4.74. The average molecular weight is 272 g/mol. The fourth-order valence-corrected chi connectivity index (χ4v) is 1.85. The first-order valence-corrected chi connectivity index (χ1v) is 6.23. The van der Waals surface area contributed by atoms with E-state index in [9.17, 15) is 4.79 Å². The van der Waals surface area contributed by atoms with Gasteiger partial charge in [-0.05, 0) is 23.8 Å². The van der Waals surface area contributed by atoms with Crippen LogP contribution in [0.25, 0.3) is 0 Å².